The third-order valence-corrected chi connectivity index (χ3v) is 6.72. The number of aromatic nitrogens is 2. The van der Waals surface area contributed by atoms with Gasteiger partial charge in [0.25, 0.3) is 0 Å². The van der Waals surface area contributed by atoms with Gasteiger partial charge in [-0.3, -0.25) is 14.4 Å². The molecule has 1 aromatic carbocycles. The van der Waals surface area contributed by atoms with Crippen LogP contribution in [-0.2, 0) is 18.4 Å². The van der Waals surface area contributed by atoms with E-state index in [0.717, 1.165) is 31.1 Å². The predicted molar refractivity (Wildman–Crippen MR) is 116 cm³/mol. The Morgan fingerprint density at radius 1 is 1.07 bits per heavy atom. The molecule has 4 rings (SSSR count). The normalized spacial score (nSPS) is 21.3. The van der Waals surface area contributed by atoms with Crippen LogP contribution in [0.4, 0.5) is 0 Å². The van der Waals surface area contributed by atoms with E-state index in [-0.39, 0.29) is 11.9 Å². The van der Waals surface area contributed by atoms with E-state index in [9.17, 15) is 4.79 Å². The minimum absolute atomic E-state index is 0.202. The summed E-state index contributed by atoms with van der Waals surface area (Å²) in [5.74, 6) is 0.524. The molecule has 5 heteroatoms. The van der Waals surface area contributed by atoms with Gasteiger partial charge >= 0.3 is 0 Å². The first-order chi connectivity index (χ1) is 14.1. The van der Waals surface area contributed by atoms with Crippen LogP contribution >= 0.6 is 0 Å². The lowest BCUT2D eigenvalue weighted by atomic mass is 9.84. The number of carbonyl (C=O) groups excluding carboxylic acids is 1. The van der Waals surface area contributed by atoms with Gasteiger partial charge in [-0.2, -0.15) is 5.10 Å². The SMILES string of the molecule is Cn1cc(CN2CCCCC2CC(N)=O)c(-c2ccc(C3CCCCC3)cc2)n1. The number of piperidine rings is 1. The molecule has 1 aliphatic heterocycles. The zero-order valence-electron chi connectivity index (χ0n) is 17.6. The number of aryl methyl sites for hydroxylation is 1. The molecular formula is C24H34N4O. The summed E-state index contributed by atoms with van der Waals surface area (Å²) in [4.78, 5) is 13.9. The molecule has 156 valence electrons. The third kappa shape index (κ3) is 4.89. The van der Waals surface area contributed by atoms with Crippen LogP contribution in [0.1, 0.15) is 74.8 Å². The molecule has 1 amide bonds. The van der Waals surface area contributed by atoms with Gasteiger partial charge in [-0.05, 0) is 43.7 Å². The minimum Gasteiger partial charge on any atom is -0.370 e. The van der Waals surface area contributed by atoms with Gasteiger partial charge < -0.3 is 5.73 Å². The van der Waals surface area contributed by atoms with Crippen LogP contribution in [-0.4, -0.2) is 33.2 Å². The second-order valence-electron chi connectivity index (χ2n) is 8.92. The molecule has 1 aromatic heterocycles. The van der Waals surface area contributed by atoms with E-state index in [2.05, 4.69) is 35.4 Å². The number of primary amides is 1. The standard InChI is InChI=1S/C24H34N4O/c1-27-16-21(17-28-14-6-5-9-22(28)15-23(25)29)24(26-27)20-12-10-19(11-13-20)18-7-3-2-4-8-18/h10-13,16,18,22H,2-9,14-15,17H2,1H3,(H2,25,29). The van der Waals surface area contributed by atoms with Crippen molar-refractivity contribution in [2.75, 3.05) is 6.54 Å². The van der Waals surface area contributed by atoms with Crippen molar-refractivity contribution in [2.24, 2.45) is 12.8 Å². The number of carbonyl (C=O) groups is 1. The summed E-state index contributed by atoms with van der Waals surface area (Å²) in [7, 11) is 1.99. The number of amides is 1. The van der Waals surface area contributed by atoms with Crippen LogP contribution in [0.2, 0.25) is 0 Å². The summed E-state index contributed by atoms with van der Waals surface area (Å²) in [5, 5.41) is 4.77. The Labute approximate surface area is 174 Å². The summed E-state index contributed by atoms with van der Waals surface area (Å²) >= 11 is 0. The van der Waals surface area contributed by atoms with Gasteiger partial charge in [0.1, 0.15) is 0 Å². The lowest BCUT2D eigenvalue weighted by molar-refractivity contribution is -0.119. The molecule has 5 nitrogen and oxygen atoms in total. The van der Waals surface area contributed by atoms with E-state index in [0.29, 0.717) is 6.42 Å². The highest BCUT2D eigenvalue weighted by Gasteiger charge is 2.25. The van der Waals surface area contributed by atoms with Gasteiger partial charge in [-0.15, -0.1) is 0 Å². The second-order valence-corrected chi connectivity index (χ2v) is 8.92. The van der Waals surface area contributed by atoms with Crippen LogP contribution in [0.25, 0.3) is 11.3 Å². The lowest BCUT2D eigenvalue weighted by Crippen LogP contribution is -2.41. The zero-order chi connectivity index (χ0) is 20.2. The number of hydrogen-bond acceptors (Lipinski definition) is 3. The van der Waals surface area contributed by atoms with Crippen molar-refractivity contribution in [3.63, 3.8) is 0 Å². The molecule has 2 fully saturated rings. The van der Waals surface area contributed by atoms with Crippen LogP contribution in [0.15, 0.2) is 30.5 Å². The number of nitrogens with zero attached hydrogens (tertiary/aromatic N) is 3. The Morgan fingerprint density at radius 3 is 2.52 bits per heavy atom. The van der Waals surface area contributed by atoms with Crippen molar-refractivity contribution in [3.8, 4) is 11.3 Å². The highest BCUT2D eigenvalue weighted by atomic mass is 16.1. The van der Waals surface area contributed by atoms with Crippen molar-refractivity contribution in [1.82, 2.24) is 14.7 Å². The Balaban J connectivity index is 1.52. The van der Waals surface area contributed by atoms with Crippen molar-refractivity contribution < 1.29 is 4.79 Å². The largest absolute Gasteiger partial charge is 0.370 e. The first-order valence-corrected chi connectivity index (χ1v) is 11.3. The summed E-state index contributed by atoms with van der Waals surface area (Å²) in [6.45, 7) is 1.85. The van der Waals surface area contributed by atoms with Gasteiger partial charge in [0.05, 0.1) is 5.69 Å². The van der Waals surface area contributed by atoms with E-state index in [4.69, 9.17) is 10.8 Å². The Hall–Kier alpha value is -2.14. The van der Waals surface area contributed by atoms with Gasteiger partial charge in [0, 0.05) is 43.4 Å². The Bertz CT molecular complexity index is 820. The first kappa shape index (κ1) is 20.1. The zero-order valence-corrected chi connectivity index (χ0v) is 17.6. The fourth-order valence-corrected chi connectivity index (χ4v) is 5.20. The molecular weight excluding hydrogens is 360 g/mol. The predicted octanol–water partition coefficient (Wildman–Crippen LogP) is 4.36. The monoisotopic (exact) mass is 394 g/mol. The van der Waals surface area contributed by atoms with Gasteiger partial charge in [0.2, 0.25) is 5.91 Å². The summed E-state index contributed by atoms with van der Waals surface area (Å²) in [6, 6.07) is 9.35. The van der Waals surface area contributed by atoms with Gasteiger partial charge in [-0.25, -0.2) is 0 Å². The van der Waals surface area contributed by atoms with Crippen LogP contribution in [0.3, 0.4) is 0 Å². The lowest BCUT2D eigenvalue weighted by Gasteiger charge is -2.35. The van der Waals surface area contributed by atoms with Crippen LogP contribution in [0.5, 0.6) is 0 Å². The highest BCUT2D eigenvalue weighted by Crippen LogP contribution is 2.34. The fourth-order valence-electron chi connectivity index (χ4n) is 5.20. The van der Waals surface area contributed by atoms with Crippen molar-refractivity contribution >= 4 is 5.91 Å². The fraction of sp³-hybridized carbons (Fsp3) is 0.583. The van der Waals surface area contributed by atoms with E-state index in [1.54, 1.807) is 0 Å². The quantitative estimate of drug-likeness (QED) is 0.791. The number of benzene rings is 1. The van der Waals surface area contributed by atoms with Crippen molar-refractivity contribution in [1.29, 1.82) is 0 Å². The molecule has 0 spiro atoms. The molecule has 2 aromatic rings. The average Bonchev–Trinajstić information content (AvgIpc) is 3.10. The molecule has 1 aliphatic carbocycles. The number of hydrogen-bond donors (Lipinski definition) is 1. The summed E-state index contributed by atoms with van der Waals surface area (Å²) in [6.07, 6.45) is 12.7. The topological polar surface area (TPSA) is 64.2 Å². The van der Waals surface area contributed by atoms with E-state index in [1.165, 1.54) is 61.6 Å². The number of nitrogens with two attached hydrogens (primary N) is 1. The van der Waals surface area contributed by atoms with E-state index >= 15 is 0 Å². The minimum atomic E-state index is -0.202. The molecule has 29 heavy (non-hydrogen) atoms. The molecule has 2 N–H and O–H groups in total. The molecule has 0 radical (unpaired) electrons. The average molecular weight is 395 g/mol. The van der Waals surface area contributed by atoms with Crippen LogP contribution < -0.4 is 5.73 Å². The maximum Gasteiger partial charge on any atom is 0.218 e. The smallest absolute Gasteiger partial charge is 0.218 e. The Kier molecular flexibility index (Phi) is 6.34. The number of rotatable bonds is 6. The molecule has 1 saturated heterocycles. The summed E-state index contributed by atoms with van der Waals surface area (Å²) in [5.41, 5.74) is 10.4. The molecule has 0 bridgehead atoms. The highest BCUT2D eigenvalue weighted by molar-refractivity contribution is 5.74. The second kappa shape index (κ2) is 9.12. The molecule has 1 atom stereocenters. The van der Waals surface area contributed by atoms with Gasteiger partial charge in [-0.1, -0.05) is 49.9 Å². The first-order valence-electron chi connectivity index (χ1n) is 11.3. The maximum atomic E-state index is 11.5. The van der Waals surface area contributed by atoms with E-state index < -0.39 is 0 Å². The number of likely N-dealkylation sites (tertiary alicyclic amines) is 1. The van der Waals surface area contributed by atoms with Gasteiger partial charge in [0.15, 0.2) is 0 Å². The molecule has 1 saturated carbocycles. The Morgan fingerprint density at radius 2 is 1.79 bits per heavy atom. The molecule has 2 aliphatic rings. The molecule has 2 heterocycles. The van der Waals surface area contributed by atoms with Crippen molar-refractivity contribution in [3.05, 3.63) is 41.6 Å². The third-order valence-electron chi connectivity index (χ3n) is 6.72. The van der Waals surface area contributed by atoms with Crippen molar-refractivity contribution in [2.45, 2.75) is 76.3 Å². The van der Waals surface area contributed by atoms with Crippen LogP contribution in [0, 0.1) is 0 Å². The maximum absolute atomic E-state index is 11.5. The summed E-state index contributed by atoms with van der Waals surface area (Å²) < 4.78 is 1.91. The van der Waals surface area contributed by atoms with E-state index in [1.807, 2.05) is 11.7 Å². The molecule has 1 unspecified atom stereocenters.